The van der Waals surface area contributed by atoms with Crippen molar-refractivity contribution in [2.75, 3.05) is 19.3 Å². The first-order valence-corrected chi connectivity index (χ1v) is 8.39. The van der Waals surface area contributed by atoms with Gasteiger partial charge in [0.1, 0.15) is 0 Å². The van der Waals surface area contributed by atoms with Gasteiger partial charge in [0.15, 0.2) is 9.84 Å². The van der Waals surface area contributed by atoms with E-state index in [4.69, 9.17) is 5.11 Å². The number of aliphatic carboxylic acids is 1. The number of hydrogen-bond donors (Lipinski definition) is 2. The van der Waals surface area contributed by atoms with Crippen molar-refractivity contribution >= 4 is 21.8 Å². The molecule has 0 aromatic carbocycles. The number of carbonyl (C=O) groups is 2. The van der Waals surface area contributed by atoms with Crippen LogP contribution in [0, 0.1) is 0 Å². The zero-order valence-electron chi connectivity index (χ0n) is 12.0. The van der Waals surface area contributed by atoms with Gasteiger partial charge in [0, 0.05) is 25.4 Å². The highest BCUT2D eigenvalue weighted by Crippen LogP contribution is 2.20. The van der Waals surface area contributed by atoms with Crippen LogP contribution in [-0.2, 0) is 14.6 Å². The Labute approximate surface area is 119 Å². The number of likely N-dealkylation sites (tertiary alicyclic amines) is 1. The predicted octanol–water partition coefficient (Wildman–Crippen LogP) is 0.458. The third-order valence-corrected chi connectivity index (χ3v) is 5.87. The van der Waals surface area contributed by atoms with Crippen LogP contribution in [0.15, 0.2) is 0 Å². The van der Waals surface area contributed by atoms with Crippen molar-refractivity contribution < 1.29 is 23.1 Å². The van der Waals surface area contributed by atoms with Crippen molar-refractivity contribution in [2.45, 2.75) is 43.9 Å². The van der Waals surface area contributed by atoms with E-state index in [2.05, 4.69) is 5.32 Å². The normalized spacial score (nSPS) is 19.9. The van der Waals surface area contributed by atoms with E-state index in [-0.39, 0.29) is 19.0 Å². The fraction of sp³-hybridized carbons (Fsp3) is 0.833. The van der Waals surface area contributed by atoms with Crippen LogP contribution in [-0.4, -0.2) is 60.6 Å². The fourth-order valence-corrected chi connectivity index (χ4v) is 2.37. The molecule has 20 heavy (non-hydrogen) atoms. The van der Waals surface area contributed by atoms with E-state index in [0.717, 1.165) is 12.7 Å². The highest BCUT2D eigenvalue weighted by molar-refractivity contribution is 7.92. The highest BCUT2D eigenvalue weighted by Gasteiger charge is 2.34. The van der Waals surface area contributed by atoms with Gasteiger partial charge in [0.25, 0.3) is 0 Å². The maximum Gasteiger partial charge on any atom is 0.317 e. The van der Waals surface area contributed by atoms with Crippen LogP contribution in [0.3, 0.4) is 0 Å². The van der Waals surface area contributed by atoms with Gasteiger partial charge in [-0.1, -0.05) is 0 Å². The number of nitrogens with zero attached hydrogens (tertiary/aromatic N) is 1. The molecule has 1 heterocycles. The summed E-state index contributed by atoms with van der Waals surface area (Å²) >= 11 is 0. The van der Waals surface area contributed by atoms with Gasteiger partial charge in [-0.3, -0.25) is 4.79 Å². The smallest absolute Gasteiger partial charge is 0.317 e. The standard InChI is InChI=1S/C12H22N2O5S/c1-12(2,20(3,18)19)8-13-11(17)14-6-4-5-9(14)7-10(15)16/h9H,4-8H2,1-3H3,(H,13,17)(H,15,16). The summed E-state index contributed by atoms with van der Waals surface area (Å²) < 4.78 is 22.1. The molecule has 0 radical (unpaired) electrons. The first-order valence-electron chi connectivity index (χ1n) is 6.50. The number of amides is 2. The van der Waals surface area contributed by atoms with Crippen molar-refractivity contribution in [2.24, 2.45) is 0 Å². The summed E-state index contributed by atoms with van der Waals surface area (Å²) in [5, 5.41) is 11.4. The summed E-state index contributed by atoms with van der Waals surface area (Å²) in [5.74, 6) is -0.939. The van der Waals surface area contributed by atoms with Crippen LogP contribution < -0.4 is 5.32 Å². The third-order valence-electron chi connectivity index (χ3n) is 3.72. The van der Waals surface area contributed by atoms with Crippen LogP contribution in [0.5, 0.6) is 0 Å². The maximum atomic E-state index is 12.0. The molecule has 0 spiro atoms. The minimum atomic E-state index is -3.28. The summed E-state index contributed by atoms with van der Waals surface area (Å²) in [7, 11) is -3.28. The minimum Gasteiger partial charge on any atom is -0.481 e. The molecular formula is C12H22N2O5S. The van der Waals surface area contributed by atoms with E-state index < -0.39 is 26.6 Å². The summed E-state index contributed by atoms with van der Waals surface area (Å²) in [5.41, 5.74) is 0. The van der Waals surface area contributed by atoms with Crippen molar-refractivity contribution in [3.8, 4) is 0 Å². The molecule has 0 aliphatic carbocycles. The molecule has 0 aromatic rings. The van der Waals surface area contributed by atoms with Crippen molar-refractivity contribution in [3.05, 3.63) is 0 Å². The molecule has 1 rings (SSSR count). The van der Waals surface area contributed by atoms with E-state index in [0.29, 0.717) is 13.0 Å². The Morgan fingerprint density at radius 3 is 2.50 bits per heavy atom. The van der Waals surface area contributed by atoms with Gasteiger partial charge < -0.3 is 15.3 Å². The number of rotatable bonds is 5. The van der Waals surface area contributed by atoms with Crippen molar-refractivity contribution in [1.29, 1.82) is 0 Å². The van der Waals surface area contributed by atoms with E-state index in [1.165, 1.54) is 4.90 Å². The zero-order chi connectivity index (χ0) is 15.6. The Kier molecular flexibility index (Phi) is 5.01. The van der Waals surface area contributed by atoms with E-state index in [1.807, 2.05) is 0 Å². The van der Waals surface area contributed by atoms with Gasteiger partial charge in [-0.2, -0.15) is 0 Å². The molecular weight excluding hydrogens is 284 g/mol. The molecule has 1 atom stereocenters. The van der Waals surface area contributed by atoms with Gasteiger partial charge in [0.05, 0.1) is 11.2 Å². The van der Waals surface area contributed by atoms with Gasteiger partial charge in [0.2, 0.25) is 0 Å². The largest absolute Gasteiger partial charge is 0.481 e. The van der Waals surface area contributed by atoms with Crippen LogP contribution in [0.1, 0.15) is 33.1 Å². The van der Waals surface area contributed by atoms with Crippen molar-refractivity contribution in [3.63, 3.8) is 0 Å². The molecule has 2 amide bonds. The summed E-state index contributed by atoms with van der Waals surface area (Å²) in [6.07, 6.45) is 2.47. The van der Waals surface area contributed by atoms with Crippen LogP contribution >= 0.6 is 0 Å². The lowest BCUT2D eigenvalue weighted by molar-refractivity contribution is -0.137. The SMILES string of the molecule is CC(C)(CNC(=O)N1CCCC1CC(=O)O)S(C)(=O)=O. The third kappa shape index (κ3) is 4.09. The Bertz CT molecular complexity index is 486. The average Bonchev–Trinajstić information content (AvgIpc) is 2.71. The van der Waals surface area contributed by atoms with E-state index in [9.17, 15) is 18.0 Å². The van der Waals surface area contributed by atoms with Gasteiger partial charge >= 0.3 is 12.0 Å². The average molecular weight is 306 g/mol. The maximum absolute atomic E-state index is 12.0. The topological polar surface area (TPSA) is 104 Å². The Morgan fingerprint density at radius 1 is 1.40 bits per heavy atom. The zero-order valence-corrected chi connectivity index (χ0v) is 12.9. The molecule has 8 heteroatoms. The fourth-order valence-electron chi connectivity index (χ4n) is 2.04. The van der Waals surface area contributed by atoms with Crippen LogP contribution in [0.4, 0.5) is 4.79 Å². The number of carboxylic acids is 1. The number of urea groups is 1. The molecule has 116 valence electrons. The first-order chi connectivity index (χ1) is 9.04. The lowest BCUT2D eigenvalue weighted by atomic mass is 10.1. The second-order valence-electron chi connectivity index (χ2n) is 5.78. The molecule has 0 saturated carbocycles. The molecule has 0 bridgehead atoms. The molecule has 1 fully saturated rings. The van der Waals surface area contributed by atoms with E-state index >= 15 is 0 Å². The van der Waals surface area contributed by atoms with Crippen molar-refractivity contribution in [1.82, 2.24) is 10.2 Å². The summed E-state index contributed by atoms with van der Waals surface area (Å²) in [4.78, 5) is 24.3. The first kappa shape index (κ1) is 16.7. The summed E-state index contributed by atoms with van der Waals surface area (Å²) in [6.45, 7) is 3.59. The monoisotopic (exact) mass is 306 g/mol. The highest BCUT2D eigenvalue weighted by atomic mass is 32.2. The van der Waals surface area contributed by atoms with E-state index in [1.54, 1.807) is 13.8 Å². The summed E-state index contributed by atoms with van der Waals surface area (Å²) in [6, 6.07) is -0.709. The van der Waals surface area contributed by atoms with Gasteiger partial charge in [-0.05, 0) is 26.7 Å². The number of nitrogens with one attached hydrogen (secondary N) is 1. The van der Waals surface area contributed by atoms with Gasteiger partial charge in [-0.15, -0.1) is 0 Å². The molecule has 1 aliphatic rings. The Hall–Kier alpha value is -1.31. The molecule has 1 saturated heterocycles. The molecule has 1 unspecified atom stereocenters. The number of sulfone groups is 1. The predicted molar refractivity (Wildman–Crippen MR) is 74.3 cm³/mol. The number of carboxylic acid groups (broad SMARTS) is 1. The van der Waals surface area contributed by atoms with Crippen LogP contribution in [0.25, 0.3) is 0 Å². The lowest BCUT2D eigenvalue weighted by Crippen LogP contribution is -2.49. The molecule has 2 N–H and O–H groups in total. The molecule has 0 aromatic heterocycles. The second kappa shape index (κ2) is 5.99. The molecule has 1 aliphatic heterocycles. The van der Waals surface area contributed by atoms with Crippen LogP contribution in [0.2, 0.25) is 0 Å². The minimum absolute atomic E-state index is 0.000950. The number of hydrogen-bond acceptors (Lipinski definition) is 4. The second-order valence-corrected chi connectivity index (χ2v) is 8.43. The number of carbonyl (C=O) groups excluding carboxylic acids is 1. The molecule has 7 nitrogen and oxygen atoms in total. The lowest BCUT2D eigenvalue weighted by Gasteiger charge is -2.27. The Morgan fingerprint density at radius 2 is 2.00 bits per heavy atom. The Balaban J connectivity index is 2.61. The quantitative estimate of drug-likeness (QED) is 0.768. The van der Waals surface area contributed by atoms with Gasteiger partial charge in [-0.25, -0.2) is 13.2 Å².